The number of halogens is 1. The summed E-state index contributed by atoms with van der Waals surface area (Å²) in [5.41, 5.74) is -0.0331. The first-order valence-corrected chi connectivity index (χ1v) is 6.85. The number of anilines is 1. The van der Waals surface area contributed by atoms with Crippen LogP contribution in [-0.2, 0) is 6.54 Å². The number of nitrogens with one attached hydrogen (secondary N) is 1. The molecule has 2 aromatic heterocycles. The number of rotatable bonds is 6. The highest BCUT2D eigenvalue weighted by atomic mass is 79.9. The molecule has 0 saturated heterocycles. The van der Waals surface area contributed by atoms with Gasteiger partial charge < -0.3 is 9.88 Å². The van der Waals surface area contributed by atoms with Crippen molar-refractivity contribution in [3.05, 3.63) is 45.6 Å². The zero-order chi connectivity index (χ0) is 14.5. The maximum Gasteiger partial charge on any atom is 0.312 e. The van der Waals surface area contributed by atoms with E-state index >= 15 is 0 Å². The van der Waals surface area contributed by atoms with Crippen LogP contribution in [0.5, 0.6) is 0 Å². The zero-order valence-corrected chi connectivity index (χ0v) is 12.4. The van der Waals surface area contributed by atoms with E-state index in [1.54, 1.807) is 12.5 Å². The predicted octanol–water partition coefficient (Wildman–Crippen LogP) is 2.70. The van der Waals surface area contributed by atoms with Gasteiger partial charge in [-0.1, -0.05) is 6.92 Å². The number of nitro groups is 1. The summed E-state index contributed by atoms with van der Waals surface area (Å²) in [6.45, 7) is 3.43. The Morgan fingerprint density at radius 3 is 3.05 bits per heavy atom. The van der Waals surface area contributed by atoms with Crippen LogP contribution < -0.4 is 5.32 Å². The van der Waals surface area contributed by atoms with Crippen molar-refractivity contribution in [1.29, 1.82) is 0 Å². The van der Waals surface area contributed by atoms with E-state index in [9.17, 15) is 10.1 Å². The molecule has 0 fully saturated rings. The van der Waals surface area contributed by atoms with Gasteiger partial charge in [0.15, 0.2) is 0 Å². The molecule has 2 aromatic rings. The normalized spacial score (nSPS) is 12.1. The number of imidazole rings is 1. The standard InChI is InChI=1S/C12H14BrN5O2/c1-9(7-17-3-2-14-8-17)5-15-12-11(18(19)20)4-10(13)6-16-12/h2-4,6,8-9H,5,7H2,1H3,(H,15,16)/t9-/m0/s1. The Bertz CT molecular complexity index is 588. The monoisotopic (exact) mass is 339 g/mol. The van der Waals surface area contributed by atoms with Crippen LogP contribution in [-0.4, -0.2) is 26.0 Å². The third kappa shape index (κ3) is 3.77. The molecule has 0 bridgehead atoms. The summed E-state index contributed by atoms with van der Waals surface area (Å²) in [5.74, 6) is 0.574. The molecule has 8 heteroatoms. The Balaban J connectivity index is 1.98. The minimum atomic E-state index is -0.444. The minimum Gasteiger partial charge on any atom is -0.364 e. The van der Waals surface area contributed by atoms with E-state index in [1.165, 1.54) is 12.3 Å². The fraction of sp³-hybridized carbons (Fsp3) is 0.333. The van der Waals surface area contributed by atoms with E-state index in [4.69, 9.17) is 0 Å². The van der Waals surface area contributed by atoms with Crippen LogP contribution >= 0.6 is 15.9 Å². The van der Waals surface area contributed by atoms with Gasteiger partial charge in [-0.15, -0.1) is 0 Å². The quantitative estimate of drug-likeness (QED) is 0.645. The maximum atomic E-state index is 11.0. The summed E-state index contributed by atoms with van der Waals surface area (Å²) in [7, 11) is 0. The number of hydrogen-bond donors (Lipinski definition) is 1. The van der Waals surface area contributed by atoms with Crippen molar-refractivity contribution in [2.45, 2.75) is 13.5 Å². The number of pyridine rings is 1. The van der Waals surface area contributed by atoms with Crippen LogP contribution in [0.3, 0.4) is 0 Å². The minimum absolute atomic E-state index is 0.0331. The Morgan fingerprint density at radius 1 is 1.60 bits per heavy atom. The molecule has 0 amide bonds. The second kappa shape index (κ2) is 6.47. The van der Waals surface area contributed by atoms with Crippen LogP contribution in [0.25, 0.3) is 0 Å². The lowest BCUT2D eigenvalue weighted by Crippen LogP contribution is -2.17. The summed E-state index contributed by atoms with van der Waals surface area (Å²) in [6, 6.07) is 1.44. The van der Waals surface area contributed by atoms with Crippen molar-refractivity contribution in [3.63, 3.8) is 0 Å². The fourth-order valence-corrected chi connectivity index (χ4v) is 2.11. The van der Waals surface area contributed by atoms with E-state index in [0.29, 0.717) is 11.0 Å². The van der Waals surface area contributed by atoms with Gasteiger partial charge in [-0.05, 0) is 21.8 Å². The first kappa shape index (κ1) is 14.4. The highest BCUT2D eigenvalue weighted by molar-refractivity contribution is 9.10. The lowest BCUT2D eigenvalue weighted by atomic mass is 10.2. The van der Waals surface area contributed by atoms with Crippen LogP contribution in [0.4, 0.5) is 11.5 Å². The van der Waals surface area contributed by atoms with Gasteiger partial charge in [-0.25, -0.2) is 9.97 Å². The van der Waals surface area contributed by atoms with Gasteiger partial charge in [0.1, 0.15) is 0 Å². The SMILES string of the molecule is C[C@@H](CNc1ncc(Br)cc1[N+](=O)[O-])Cn1ccnc1. The molecule has 0 aliphatic heterocycles. The number of hydrogen-bond acceptors (Lipinski definition) is 5. The van der Waals surface area contributed by atoms with Gasteiger partial charge in [0.25, 0.3) is 0 Å². The summed E-state index contributed by atoms with van der Waals surface area (Å²) < 4.78 is 2.55. The molecule has 0 radical (unpaired) electrons. The van der Waals surface area contributed by atoms with E-state index in [0.717, 1.165) is 6.54 Å². The Hall–Kier alpha value is -1.96. The molecule has 20 heavy (non-hydrogen) atoms. The van der Waals surface area contributed by atoms with Crippen LogP contribution in [0.2, 0.25) is 0 Å². The molecule has 0 unspecified atom stereocenters. The first-order chi connectivity index (χ1) is 9.56. The van der Waals surface area contributed by atoms with Crippen molar-refractivity contribution < 1.29 is 4.92 Å². The van der Waals surface area contributed by atoms with E-state index in [2.05, 4.69) is 38.1 Å². The van der Waals surface area contributed by atoms with Crippen molar-refractivity contribution in [2.75, 3.05) is 11.9 Å². The molecule has 2 heterocycles. The van der Waals surface area contributed by atoms with E-state index in [1.807, 2.05) is 10.8 Å². The van der Waals surface area contributed by atoms with Crippen molar-refractivity contribution in [3.8, 4) is 0 Å². The molecule has 1 N–H and O–H groups in total. The maximum absolute atomic E-state index is 11.0. The summed E-state index contributed by atoms with van der Waals surface area (Å²) in [4.78, 5) is 18.5. The van der Waals surface area contributed by atoms with Crippen LogP contribution in [0, 0.1) is 16.0 Å². The van der Waals surface area contributed by atoms with Crippen molar-refractivity contribution >= 4 is 27.4 Å². The first-order valence-electron chi connectivity index (χ1n) is 6.06. The molecule has 106 valence electrons. The van der Waals surface area contributed by atoms with Gasteiger partial charge >= 0.3 is 5.69 Å². The van der Waals surface area contributed by atoms with Crippen LogP contribution in [0.1, 0.15) is 6.92 Å². The smallest absolute Gasteiger partial charge is 0.312 e. The molecule has 0 spiro atoms. The Kier molecular flexibility index (Phi) is 4.67. The van der Waals surface area contributed by atoms with E-state index in [-0.39, 0.29) is 17.4 Å². The van der Waals surface area contributed by atoms with Gasteiger partial charge in [0, 0.05) is 42.2 Å². The number of aromatic nitrogens is 3. The molecule has 1 atom stereocenters. The summed E-state index contributed by atoms with van der Waals surface area (Å²) >= 11 is 3.18. The largest absolute Gasteiger partial charge is 0.364 e. The molecular formula is C12H14BrN5O2. The molecule has 0 aliphatic carbocycles. The second-order valence-corrected chi connectivity index (χ2v) is 5.44. The topological polar surface area (TPSA) is 85.9 Å². The Morgan fingerprint density at radius 2 is 2.40 bits per heavy atom. The summed E-state index contributed by atoms with van der Waals surface area (Å²) in [6.07, 6.45) is 6.89. The molecule has 0 aliphatic rings. The average molecular weight is 340 g/mol. The fourth-order valence-electron chi connectivity index (χ4n) is 1.79. The van der Waals surface area contributed by atoms with E-state index < -0.39 is 4.92 Å². The van der Waals surface area contributed by atoms with Gasteiger partial charge in [-0.3, -0.25) is 10.1 Å². The Labute approximate surface area is 124 Å². The van der Waals surface area contributed by atoms with Crippen LogP contribution in [0.15, 0.2) is 35.5 Å². The molecule has 7 nitrogen and oxygen atoms in total. The molecule has 0 saturated carbocycles. The predicted molar refractivity (Wildman–Crippen MR) is 78.5 cm³/mol. The van der Waals surface area contributed by atoms with Crippen molar-refractivity contribution in [1.82, 2.24) is 14.5 Å². The lowest BCUT2D eigenvalue weighted by Gasteiger charge is -2.13. The third-order valence-electron chi connectivity index (χ3n) is 2.73. The second-order valence-electron chi connectivity index (χ2n) is 4.52. The van der Waals surface area contributed by atoms with Crippen molar-refractivity contribution in [2.24, 2.45) is 5.92 Å². The average Bonchev–Trinajstić information content (AvgIpc) is 2.90. The van der Waals surface area contributed by atoms with Gasteiger partial charge in [0.05, 0.1) is 11.3 Å². The van der Waals surface area contributed by atoms with Gasteiger partial charge in [-0.2, -0.15) is 0 Å². The zero-order valence-electron chi connectivity index (χ0n) is 10.9. The highest BCUT2D eigenvalue weighted by Crippen LogP contribution is 2.25. The molecule has 2 rings (SSSR count). The third-order valence-corrected chi connectivity index (χ3v) is 3.16. The molecular weight excluding hydrogens is 326 g/mol. The highest BCUT2D eigenvalue weighted by Gasteiger charge is 2.16. The summed E-state index contributed by atoms with van der Waals surface area (Å²) in [5, 5.41) is 14.0. The number of nitrogens with zero attached hydrogens (tertiary/aromatic N) is 4. The molecule has 0 aromatic carbocycles. The lowest BCUT2D eigenvalue weighted by molar-refractivity contribution is -0.384. The van der Waals surface area contributed by atoms with Gasteiger partial charge in [0.2, 0.25) is 5.82 Å².